The average molecular weight is 632 g/mol. The molecule has 0 saturated carbocycles. The summed E-state index contributed by atoms with van der Waals surface area (Å²) in [7, 11) is 6.60. The summed E-state index contributed by atoms with van der Waals surface area (Å²) in [5, 5.41) is 4.31. The number of carbonyl (C=O) groups is 1. The minimum Gasteiger partial charge on any atom is -0.493 e. The molecule has 0 spiro atoms. The van der Waals surface area contributed by atoms with Crippen molar-refractivity contribution in [1.29, 1.82) is 0 Å². The molecule has 0 bridgehead atoms. The highest BCUT2D eigenvalue weighted by Crippen LogP contribution is 2.43. The predicted molar refractivity (Wildman–Crippen MR) is 183 cm³/mol. The fourth-order valence-corrected chi connectivity index (χ4v) is 6.63. The van der Waals surface area contributed by atoms with Crippen molar-refractivity contribution < 1.29 is 23.7 Å². The van der Waals surface area contributed by atoms with Gasteiger partial charge in [0.15, 0.2) is 23.0 Å². The van der Waals surface area contributed by atoms with Gasteiger partial charge in [-0.25, -0.2) is 0 Å². The zero-order valence-corrected chi connectivity index (χ0v) is 27.4. The Kier molecular flexibility index (Phi) is 9.88. The lowest BCUT2D eigenvalue weighted by Crippen LogP contribution is -2.43. The van der Waals surface area contributed by atoms with Gasteiger partial charge in [-0.1, -0.05) is 60.7 Å². The van der Waals surface area contributed by atoms with Crippen molar-refractivity contribution in [2.24, 2.45) is 0 Å². The number of hydrogen-bond acceptors (Lipinski definition) is 7. The Morgan fingerprint density at radius 1 is 0.809 bits per heavy atom. The van der Waals surface area contributed by atoms with Crippen LogP contribution in [0.5, 0.6) is 23.0 Å². The third kappa shape index (κ3) is 6.88. The number of aryl methyl sites for hydroxylation is 1. The summed E-state index contributed by atoms with van der Waals surface area (Å²) in [6, 6.07) is 31.5. The van der Waals surface area contributed by atoms with Crippen LogP contribution in [0.1, 0.15) is 46.5 Å². The maximum absolute atomic E-state index is 14.4. The highest BCUT2D eigenvalue weighted by molar-refractivity contribution is 5.83. The van der Waals surface area contributed by atoms with Gasteiger partial charge in [-0.15, -0.1) is 0 Å². The first-order valence-electron chi connectivity index (χ1n) is 15.9. The smallest absolute Gasteiger partial charge is 0.242 e. The summed E-state index contributed by atoms with van der Waals surface area (Å²) in [6.45, 7) is 1.03. The molecule has 8 nitrogen and oxygen atoms in total. The van der Waals surface area contributed by atoms with Crippen molar-refractivity contribution >= 4 is 16.8 Å². The summed E-state index contributed by atoms with van der Waals surface area (Å²) >= 11 is 0. The number of para-hydroxylation sites is 1. The molecule has 4 aromatic carbocycles. The number of amides is 1. The van der Waals surface area contributed by atoms with Crippen LogP contribution in [0.3, 0.4) is 0 Å². The number of ether oxygens (including phenoxy) is 4. The van der Waals surface area contributed by atoms with Crippen molar-refractivity contribution in [3.8, 4) is 23.0 Å². The Balaban J connectivity index is 1.41. The lowest BCUT2D eigenvalue weighted by molar-refractivity contribution is -0.128. The number of rotatable bonds is 11. The van der Waals surface area contributed by atoms with Gasteiger partial charge >= 0.3 is 0 Å². The molecule has 0 aliphatic carbocycles. The molecule has 2 atom stereocenters. The van der Waals surface area contributed by atoms with Crippen LogP contribution < -0.4 is 24.3 Å². The van der Waals surface area contributed by atoms with Gasteiger partial charge in [0.25, 0.3) is 0 Å². The molecule has 5 aromatic rings. The molecule has 1 amide bonds. The van der Waals surface area contributed by atoms with E-state index in [1.165, 1.54) is 5.56 Å². The Labute approximate surface area is 276 Å². The van der Waals surface area contributed by atoms with E-state index in [4.69, 9.17) is 23.9 Å². The van der Waals surface area contributed by atoms with Gasteiger partial charge in [0.1, 0.15) is 6.04 Å². The van der Waals surface area contributed by atoms with Crippen LogP contribution in [-0.4, -0.2) is 50.8 Å². The van der Waals surface area contributed by atoms with Gasteiger partial charge in [0.2, 0.25) is 5.91 Å². The molecular formula is C39H41N3O5. The molecular weight excluding hydrogens is 590 g/mol. The Morgan fingerprint density at radius 2 is 1.51 bits per heavy atom. The van der Waals surface area contributed by atoms with E-state index in [0.717, 1.165) is 46.1 Å². The SMILES string of the molecule is COc1ccc(CC2c3cc(OC)c(OC)cc3CCCN2C(C(=O)NCc2ccc3ccccc3n2)c2ccccc2)cc1OC. The van der Waals surface area contributed by atoms with Crippen LogP contribution in [0.15, 0.2) is 97.1 Å². The zero-order chi connectivity index (χ0) is 32.8. The van der Waals surface area contributed by atoms with E-state index in [9.17, 15) is 4.79 Å². The second-order valence-electron chi connectivity index (χ2n) is 11.7. The highest BCUT2D eigenvalue weighted by atomic mass is 16.5. The Morgan fingerprint density at radius 3 is 2.28 bits per heavy atom. The van der Waals surface area contributed by atoms with E-state index in [2.05, 4.69) is 28.4 Å². The quantitative estimate of drug-likeness (QED) is 0.171. The number of benzene rings is 4. The first-order valence-corrected chi connectivity index (χ1v) is 15.9. The summed E-state index contributed by atoms with van der Waals surface area (Å²) < 4.78 is 22.7. The van der Waals surface area contributed by atoms with Crippen molar-refractivity contribution in [2.75, 3.05) is 35.0 Å². The minimum atomic E-state index is -0.555. The van der Waals surface area contributed by atoms with Gasteiger partial charge in [-0.2, -0.15) is 0 Å². The highest BCUT2D eigenvalue weighted by Gasteiger charge is 2.36. The lowest BCUT2D eigenvalue weighted by Gasteiger charge is -2.37. The maximum Gasteiger partial charge on any atom is 0.242 e. The molecule has 0 fully saturated rings. The third-order valence-electron chi connectivity index (χ3n) is 8.94. The molecule has 1 aliphatic heterocycles. The van der Waals surface area contributed by atoms with Crippen LogP contribution in [-0.2, 0) is 24.2 Å². The largest absolute Gasteiger partial charge is 0.493 e. The van der Waals surface area contributed by atoms with Crippen LogP contribution in [0.25, 0.3) is 10.9 Å². The first-order chi connectivity index (χ1) is 23.0. The maximum atomic E-state index is 14.4. The summed E-state index contributed by atoms with van der Waals surface area (Å²) in [5.74, 6) is 2.62. The topological polar surface area (TPSA) is 82.2 Å². The van der Waals surface area contributed by atoms with E-state index in [0.29, 0.717) is 42.5 Å². The number of pyridine rings is 1. The number of carbonyl (C=O) groups excluding carboxylic acids is 1. The lowest BCUT2D eigenvalue weighted by atomic mass is 9.91. The molecule has 1 N–H and O–H groups in total. The number of methoxy groups -OCH3 is 4. The molecule has 0 radical (unpaired) electrons. The molecule has 242 valence electrons. The molecule has 0 saturated heterocycles. The van der Waals surface area contributed by atoms with Gasteiger partial charge in [-0.05, 0) is 77.9 Å². The van der Waals surface area contributed by atoms with E-state index < -0.39 is 6.04 Å². The van der Waals surface area contributed by atoms with Gasteiger partial charge < -0.3 is 24.3 Å². The number of hydrogen-bond donors (Lipinski definition) is 1. The van der Waals surface area contributed by atoms with E-state index in [-0.39, 0.29) is 11.9 Å². The predicted octanol–water partition coefficient (Wildman–Crippen LogP) is 6.86. The van der Waals surface area contributed by atoms with Gasteiger partial charge in [-0.3, -0.25) is 14.7 Å². The third-order valence-corrected chi connectivity index (χ3v) is 8.94. The second kappa shape index (κ2) is 14.6. The summed E-state index contributed by atoms with van der Waals surface area (Å²) in [5.41, 5.74) is 6.00. The van der Waals surface area contributed by atoms with Crippen molar-refractivity contribution in [3.05, 3.63) is 125 Å². The normalized spacial score (nSPS) is 15.3. The zero-order valence-electron chi connectivity index (χ0n) is 27.4. The molecule has 47 heavy (non-hydrogen) atoms. The van der Waals surface area contributed by atoms with E-state index in [1.54, 1.807) is 28.4 Å². The molecule has 6 rings (SSSR count). The van der Waals surface area contributed by atoms with Crippen molar-refractivity contribution in [2.45, 2.75) is 37.9 Å². The van der Waals surface area contributed by atoms with Gasteiger partial charge in [0.05, 0.1) is 46.2 Å². The van der Waals surface area contributed by atoms with E-state index >= 15 is 0 Å². The standard InChI is InChI=1S/C39H41N3O5/c1-44-34-19-16-26(22-35(34)45-2)21-33-31-24-37(47-4)36(46-3)23-29(31)14-10-20-42(33)38(28-12-6-5-7-13-28)39(43)40-25-30-18-17-27-11-8-9-15-32(27)41-30/h5-9,11-13,15-19,22-24,33,38H,10,14,20-21,25H2,1-4H3,(H,40,43). The van der Waals surface area contributed by atoms with Crippen molar-refractivity contribution in [3.63, 3.8) is 0 Å². The first kappa shape index (κ1) is 31.9. The van der Waals surface area contributed by atoms with Crippen molar-refractivity contribution in [1.82, 2.24) is 15.2 Å². The fourth-order valence-electron chi connectivity index (χ4n) is 6.63. The number of aromatic nitrogens is 1. The summed E-state index contributed by atoms with van der Waals surface area (Å²) in [6.07, 6.45) is 2.35. The van der Waals surface area contributed by atoms with Gasteiger partial charge in [0, 0.05) is 18.0 Å². The molecule has 1 aliphatic rings. The van der Waals surface area contributed by atoms with Crippen LogP contribution in [0.2, 0.25) is 0 Å². The Bertz CT molecular complexity index is 1840. The number of fused-ring (bicyclic) bond motifs is 2. The number of nitrogens with one attached hydrogen (secondary N) is 1. The molecule has 2 heterocycles. The Hall–Kier alpha value is -5.08. The molecule has 2 unspecified atom stereocenters. The monoisotopic (exact) mass is 631 g/mol. The second-order valence-corrected chi connectivity index (χ2v) is 11.7. The van der Waals surface area contributed by atoms with Crippen LogP contribution in [0, 0.1) is 0 Å². The number of nitrogens with zero attached hydrogens (tertiary/aromatic N) is 2. The molecule has 8 heteroatoms. The van der Waals surface area contributed by atoms with E-state index in [1.807, 2.05) is 78.9 Å². The average Bonchev–Trinajstić information content (AvgIpc) is 3.28. The van der Waals surface area contributed by atoms with Crippen LogP contribution >= 0.6 is 0 Å². The minimum absolute atomic E-state index is 0.0765. The fraction of sp³-hybridized carbons (Fsp3) is 0.282. The summed E-state index contributed by atoms with van der Waals surface area (Å²) in [4.78, 5) is 21.6. The molecule has 1 aromatic heterocycles. The van der Waals surface area contributed by atoms with Crippen LogP contribution in [0.4, 0.5) is 0 Å².